The molecule has 8 nitrogen and oxygen atoms in total. The van der Waals surface area contributed by atoms with Gasteiger partial charge in [0.2, 0.25) is 0 Å². The van der Waals surface area contributed by atoms with E-state index in [-0.39, 0.29) is 12.0 Å². The summed E-state index contributed by atoms with van der Waals surface area (Å²) in [6, 6.07) is 8.23. The van der Waals surface area contributed by atoms with E-state index in [1.165, 1.54) is 11.3 Å². The number of rotatable bonds is 6. The van der Waals surface area contributed by atoms with E-state index in [4.69, 9.17) is 25.8 Å². The van der Waals surface area contributed by atoms with Gasteiger partial charge in [0, 0.05) is 30.8 Å². The molecule has 1 aliphatic heterocycles. The quantitative estimate of drug-likeness (QED) is 0.327. The predicted molar refractivity (Wildman–Crippen MR) is 129 cm³/mol. The van der Waals surface area contributed by atoms with Crippen LogP contribution in [-0.4, -0.2) is 44.3 Å². The molecule has 5 rings (SSSR count). The SMILES string of the molecule is CC(C)c1noc(N2CCC([C@H](C)Oc3nc4ccc(-c5ccnc(Cl)c5)nc4s3)CC2)n1. The van der Waals surface area contributed by atoms with E-state index < -0.39 is 0 Å². The molecule has 33 heavy (non-hydrogen) atoms. The number of pyridine rings is 2. The first-order valence-electron chi connectivity index (χ1n) is 11.1. The first kappa shape index (κ1) is 22.0. The molecule has 0 bridgehead atoms. The molecule has 5 heterocycles. The Balaban J connectivity index is 1.22. The van der Waals surface area contributed by atoms with E-state index in [2.05, 4.69) is 45.8 Å². The van der Waals surface area contributed by atoms with Gasteiger partial charge in [0.15, 0.2) is 5.82 Å². The minimum Gasteiger partial charge on any atom is -0.467 e. The van der Waals surface area contributed by atoms with Crippen molar-refractivity contribution in [2.24, 2.45) is 5.92 Å². The fourth-order valence-corrected chi connectivity index (χ4v) is 5.02. The summed E-state index contributed by atoms with van der Waals surface area (Å²) in [6.45, 7) is 7.99. The zero-order valence-electron chi connectivity index (χ0n) is 18.7. The molecule has 4 aromatic heterocycles. The Bertz CT molecular complexity index is 1250. The molecular formula is C23H25ClN6O2S. The van der Waals surface area contributed by atoms with Crippen molar-refractivity contribution in [3.63, 3.8) is 0 Å². The lowest BCUT2D eigenvalue weighted by Crippen LogP contribution is -2.38. The van der Waals surface area contributed by atoms with Crippen LogP contribution >= 0.6 is 22.9 Å². The Morgan fingerprint density at radius 3 is 2.67 bits per heavy atom. The minimum atomic E-state index is 0.0556. The highest BCUT2D eigenvalue weighted by Crippen LogP contribution is 2.32. The van der Waals surface area contributed by atoms with Crippen LogP contribution in [0.15, 0.2) is 35.0 Å². The van der Waals surface area contributed by atoms with Crippen LogP contribution in [0, 0.1) is 5.92 Å². The highest BCUT2D eigenvalue weighted by atomic mass is 35.5. The van der Waals surface area contributed by atoms with Crippen molar-refractivity contribution >= 4 is 39.3 Å². The monoisotopic (exact) mass is 484 g/mol. The van der Waals surface area contributed by atoms with Gasteiger partial charge in [-0.25, -0.2) is 15.0 Å². The van der Waals surface area contributed by atoms with Crippen molar-refractivity contribution in [3.05, 3.63) is 41.4 Å². The third-order valence-electron chi connectivity index (χ3n) is 5.97. The van der Waals surface area contributed by atoms with Gasteiger partial charge in [-0.15, -0.1) is 0 Å². The van der Waals surface area contributed by atoms with Crippen molar-refractivity contribution in [3.8, 4) is 16.5 Å². The molecular weight excluding hydrogens is 460 g/mol. The molecule has 172 valence electrons. The van der Waals surface area contributed by atoms with Gasteiger partial charge in [-0.3, -0.25) is 0 Å². The predicted octanol–water partition coefficient (Wildman–Crippen LogP) is 5.60. The van der Waals surface area contributed by atoms with Gasteiger partial charge < -0.3 is 14.2 Å². The van der Waals surface area contributed by atoms with Gasteiger partial charge in [0.25, 0.3) is 5.19 Å². The summed E-state index contributed by atoms with van der Waals surface area (Å²) < 4.78 is 11.7. The summed E-state index contributed by atoms with van der Waals surface area (Å²) in [6.07, 6.45) is 3.73. The summed E-state index contributed by atoms with van der Waals surface area (Å²) in [4.78, 5) is 20.9. The van der Waals surface area contributed by atoms with Gasteiger partial charge in [-0.05, 0) is 49.9 Å². The van der Waals surface area contributed by atoms with Crippen LogP contribution in [0.5, 0.6) is 5.19 Å². The van der Waals surface area contributed by atoms with Crippen molar-refractivity contribution in [1.82, 2.24) is 25.1 Å². The van der Waals surface area contributed by atoms with Crippen LogP contribution in [0.2, 0.25) is 5.15 Å². The summed E-state index contributed by atoms with van der Waals surface area (Å²) in [5.41, 5.74) is 2.59. The Hall–Kier alpha value is -2.78. The summed E-state index contributed by atoms with van der Waals surface area (Å²) in [5.74, 6) is 1.45. The molecule has 0 amide bonds. The fourth-order valence-electron chi connectivity index (χ4n) is 3.97. The van der Waals surface area contributed by atoms with Crippen LogP contribution in [0.1, 0.15) is 45.4 Å². The molecule has 1 aliphatic rings. The smallest absolute Gasteiger partial charge is 0.324 e. The Morgan fingerprint density at radius 1 is 1.12 bits per heavy atom. The van der Waals surface area contributed by atoms with E-state index in [0.29, 0.717) is 22.3 Å². The molecule has 0 spiro atoms. The summed E-state index contributed by atoms with van der Waals surface area (Å²) in [5, 5.41) is 5.17. The lowest BCUT2D eigenvalue weighted by molar-refractivity contribution is 0.131. The number of nitrogens with zero attached hydrogens (tertiary/aromatic N) is 6. The molecule has 4 aromatic rings. The first-order valence-corrected chi connectivity index (χ1v) is 12.3. The summed E-state index contributed by atoms with van der Waals surface area (Å²) >= 11 is 7.49. The number of anilines is 1. The second kappa shape index (κ2) is 9.23. The Morgan fingerprint density at radius 2 is 1.94 bits per heavy atom. The lowest BCUT2D eigenvalue weighted by Gasteiger charge is -2.33. The maximum absolute atomic E-state index is 6.25. The molecule has 10 heteroatoms. The highest BCUT2D eigenvalue weighted by Gasteiger charge is 2.28. The zero-order valence-corrected chi connectivity index (χ0v) is 20.3. The average Bonchev–Trinajstić information content (AvgIpc) is 3.46. The van der Waals surface area contributed by atoms with Crippen molar-refractivity contribution in [2.75, 3.05) is 18.0 Å². The van der Waals surface area contributed by atoms with E-state index in [1.807, 2.05) is 18.2 Å². The van der Waals surface area contributed by atoms with Crippen LogP contribution in [0.25, 0.3) is 21.6 Å². The zero-order chi connectivity index (χ0) is 22.9. The van der Waals surface area contributed by atoms with E-state index in [0.717, 1.165) is 53.4 Å². The number of thiazole rings is 1. The average molecular weight is 485 g/mol. The topological polar surface area (TPSA) is 90.1 Å². The standard InChI is InChI=1S/C23H25ClN6O2S/c1-13(2)20-28-22(32-29-20)30-10-7-15(8-11-30)14(3)31-23-27-18-5-4-17(26-21(18)33-23)16-6-9-25-19(24)12-16/h4-6,9,12-15H,7-8,10-11H2,1-3H3/t14-/m0/s1. The van der Waals surface area contributed by atoms with Crippen LogP contribution in [0.3, 0.4) is 0 Å². The van der Waals surface area contributed by atoms with Gasteiger partial charge in [-0.1, -0.05) is 41.9 Å². The van der Waals surface area contributed by atoms with Gasteiger partial charge in [0.05, 0.1) is 5.69 Å². The highest BCUT2D eigenvalue weighted by molar-refractivity contribution is 7.19. The van der Waals surface area contributed by atoms with Gasteiger partial charge >= 0.3 is 6.01 Å². The van der Waals surface area contributed by atoms with Crippen molar-refractivity contribution in [2.45, 2.75) is 45.6 Å². The normalized spacial score (nSPS) is 16.0. The van der Waals surface area contributed by atoms with Crippen molar-refractivity contribution < 1.29 is 9.26 Å². The number of halogens is 1. The number of hydrogen-bond acceptors (Lipinski definition) is 9. The number of fused-ring (bicyclic) bond motifs is 1. The number of ether oxygens (including phenoxy) is 1. The molecule has 0 unspecified atom stereocenters. The van der Waals surface area contributed by atoms with E-state index in [9.17, 15) is 0 Å². The molecule has 0 aliphatic carbocycles. The van der Waals surface area contributed by atoms with Gasteiger partial charge in [0.1, 0.15) is 21.6 Å². The molecule has 0 aromatic carbocycles. The number of aromatic nitrogens is 5. The van der Waals surface area contributed by atoms with E-state index >= 15 is 0 Å². The summed E-state index contributed by atoms with van der Waals surface area (Å²) in [7, 11) is 0. The minimum absolute atomic E-state index is 0.0556. The Labute approximate surface area is 201 Å². The second-order valence-corrected chi connectivity index (χ2v) is 9.93. The molecule has 1 fully saturated rings. The maximum Gasteiger partial charge on any atom is 0.324 e. The lowest BCUT2D eigenvalue weighted by atomic mass is 9.92. The third kappa shape index (κ3) is 4.79. The maximum atomic E-state index is 6.25. The van der Waals surface area contributed by atoms with Crippen LogP contribution < -0.4 is 9.64 Å². The van der Waals surface area contributed by atoms with Crippen LogP contribution in [-0.2, 0) is 0 Å². The second-order valence-electron chi connectivity index (χ2n) is 8.61. The molecule has 1 atom stereocenters. The van der Waals surface area contributed by atoms with Gasteiger partial charge in [-0.2, -0.15) is 4.98 Å². The van der Waals surface area contributed by atoms with E-state index in [1.54, 1.807) is 12.3 Å². The number of hydrogen-bond donors (Lipinski definition) is 0. The first-order chi connectivity index (χ1) is 16.0. The fraction of sp³-hybridized carbons (Fsp3) is 0.435. The molecule has 0 radical (unpaired) electrons. The number of piperidine rings is 1. The molecule has 1 saturated heterocycles. The third-order valence-corrected chi connectivity index (χ3v) is 7.03. The van der Waals surface area contributed by atoms with Crippen LogP contribution in [0.4, 0.5) is 6.01 Å². The Kier molecular flexibility index (Phi) is 6.16. The van der Waals surface area contributed by atoms with Crippen molar-refractivity contribution in [1.29, 1.82) is 0 Å². The molecule has 0 saturated carbocycles. The largest absolute Gasteiger partial charge is 0.467 e. The molecule has 0 N–H and O–H groups in total.